The topological polar surface area (TPSA) is 114 Å². The van der Waals surface area contributed by atoms with E-state index in [-0.39, 0.29) is 25.0 Å². The molecule has 0 bridgehead atoms. The first-order valence-electron chi connectivity index (χ1n) is 11.6. The number of nitrogens with zero attached hydrogens (tertiary/aromatic N) is 1. The van der Waals surface area contributed by atoms with Crippen LogP contribution in [0.2, 0.25) is 0 Å². The maximum Gasteiger partial charge on any atom is 0.329 e. The molecule has 1 aromatic rings. The van der Waals surface area contributed by atoms with E-state index in [4.69, 9.17) is 9.47 Å². The van der Waals surface area contributed by atoms with E-state index in [2.05, 4.69) is 10.6 Å². The standard InChI is InChI=1S/C24H32FN3O6/c1-4-14(2)20(27-19(29)13-34-11-10-25)22(30)26-17-9-8-15-6-5-7-16-12-18(24(32)33-3)28(21(15)16)23(17)31/h5-7,14,17-18,20H,4,8-13H2,1-3H3,(H,26,30)(H,27,29)/t14-,17-,18-,20-/m0/s1. The molecule has 3 rings (SSSR count). The van der Waals surface area contributed by atoms with Crippen molar-refractivity contribution < 1.29 is 33.0 Å². The lowest BCUT2D eigenvalue weighted by atomic mass is 9.97. The summed E-state index contributed by atoms with van der Waals surface area (Å²) in [4.78, 5) is 52.9. The molecule has 2 aliphatic heterocycles. The number of methoxy groups -OCH3 is 1. The average molecular weight is 478 g/mol. The van der Waals surface area contributed by atoms with Gasteiger partial charge in [-0.2, -0.15) is 0 Å². The van der Waals surface area contributed by atoms with Crippen LogP contribution in [0.4, 0.5) is 10.1 Å². The fraction of sp³-hybridized carbons (Fsp3) is 0.583. The van der Waals surface area contributed by atoms with Crippen molar-refractivity contribution in [1.29, 1.82) is 0 Å². The highest BCUT2D eigenvalue weighted by atomic mass is 19.1. The van der Waals surface area contributed by atoms with E-state index in [1.165, 1.54) is 12.0 Å². The number of carbonyl (C=O) groups is 4. The highest BCUT2D eigenvalue weighted by Crippen LogP contribution is 2.39. The van der Waals surface area contributed by atoms with Gasteiger partial charge >= 0.3 is 5.97 Å². The number of alkyl halides is 1. The van der Waals surface area contributed by atoms with E-state index >= 15 is 0 Å². The van der Waals surface area contributed by atoms with Gasteiger partial charge in [-0.1, -0.05) is 38.5 Å². The van der Waals surface area contributed by atoms with Crippen LogP contribution >= 0.6 is 0 Å². The number of esters is 1. The van der Waals surface area contributed by atoms with Gasteiger partial charge in [0.1, 0.15) is 31.4 Å². The van der Waals surface area contributed by atoms with Gasteiger partial charge in [0.25, 0.3) is 0 Å². The Kier molecular flexibility index (Phi) is 8.60. The highest BCUT2D eigenvalue weighted by Gasteiger charge is 2.45. The van der Waals surface area contributed by atoms with Crippen LogP contribution in [0.5, 0.6) is 0 Å². The summed E-state index contributed by atoms with van der Waals surface area (Å²) in [7, 11) is 1.28. The summed E-state index contributed by atoms with van der Waals surface area (Å²) in [6.45, 7) is 2.43. The van der Waals surface area contributed by atoms with Crippen molar-refractivity contribution in [1.82, 2.24) is 10.6 Å². The van der Waals surface area contributed by atoms with Crippen LogP contribution in [0.15, 0.2) is 18.2 Å². The second kappa shape index (κ2) is 11.4. The molecule has 0 spiro atoms. The summed E-state index contributed by atoms with van der Waals surface area (Å²) < 4.78 is 22.1. The van der Waals surface area contributed by atoms with E-state index in [1.54, 1.807) is 0 Å². The minimum Gasteiger partial charge on any atom is -0.467 e. The van der Waals surface area contributed by atoms with Gasteiger partial charge in [-0.3, -0.25) is 19.3 Å². The lowest BCUT2D eigenvalue weighted by Crippen LogP contribution is -2.57. The molecule has 186 valence electrons. The largest absolute Gasteiger partial charge is 0.467 e. The molecule has 10 heteroatoms. The van der Waals surface area contributed by atoms with Crippen molar-refractivity contribution in [3.63, 3.8) is 0 Å². The molecule has 0 aromatic heterocycles. The zero-order valence-corrected chi connectivity index (χ0v) is 19.8. The van der Waals surface area contributed by atoms with Crippen molar-refractivity contribution in [3.8, 4) is 0 Å². The molecule has 0 radical (unpaired) electrons. The minimum atomic E-state index is -0.893. The van der Waals surface area contributed by atoms with Crippen LogP contribution in [0.25, 0.3) is 0 Å². The molecule has 0 unspecified atom stereocenters. The van der Waals surface area contributed by atoms with E-state index in [9.17, 15) is 23.6 Å². The molecular formula is C24H32FN3O6. The summed E-state index contributed by atoms with van der Waals surface area (Å²) in [5.41, 5.74) is 2.55. The number of hydrogen-bond acceptors (Lipinski definition) is 6. The Morgan fingerprint density at radius 1 is 1.26 bits per heavy atom. The molecule has 34 heavy (non-hydrogen) atoms. The molecule has 2 heterocycles. The normalized spacial score (nSPS) is 20.7. The summed E-state index contributed by atoms with van der Waals surface area (Å²) in [6.07, 6.45) is 1.86. The summed E-state index contributed by atoms with van der Waals surface area (Å²) in [5, 5.41) is 5.44. The minimum absolute atomic E-state index is 0.204. The molecule has 9 nitrogen and oxygen atoms in total. The maximum absolute atomic E-state index is 13.6. The van der Waals surface area contributed by atoms with Crippen molar-refractivity contribution >= 4 is 29.4 Å². The number of amides is 3. The highest BCUT2D eigenvalue weighted by molar-refractivity contribution is 6.07. The Morgan fingerprint density at radius 2 is 2.00 bits per heavy atom. The van der Waals surface area contributed by atoms with Crippen molar-refractivity contribution in [2.45, 2.75) is 57.7 Å². The first-order valence-corrected chi connectivity index (χ1v) is 11.6. The zero-order chi connectivity index (χ0) is 24.8. The predicted molar refractivity (Wildman–Crippen MR) is 122 cm³/mol. The third-order valence-corrected chi connectivity index (χ3v) is 6.46. The first-order chi connectivity index (χ1) is 16.3. The lowest BCUT2D eigenvalue weighted by molar-refractivity contribution is -0.143. The van der Waals surface area contributed by atoms with Gasteiger partial charge < -0.3 is 20.1 Å². The van der Waals surface area contributed by atoms with Crippen molar-refractivity contribution in [2.24, 2.45) is 5.92 Å². The van der Waals surface area contributed by atoms with Gasteiger partial charge in [0.05, 0.1) is 19.4 Å². The molecule has 0 aliphatic carbocycles. The predicted octanol–water partition coefficient (Wildman–Crippen LogP) is 1.07. The van der Waals surface area contributed by atoms with Gasteiger partial charge in [0.2, 0.25) is 17.7 Å². The Bertz CT molecular complexity index is 939. The van der Waals surface area contributed by atoms with Crippen LogP contribution in [0.3, 0.4) is 0 Å². The number of hydrogen-bond donors (Lipinski definition) is 2. The number of anilines is 1. The monoisotopic (exact) mass is 477 g/mol. The number of carbonyl (C=O) groups excluding carboxylic acids is 4. The van der Waals surface area contributed by atoms with E-state index < -0.39 is 42.6 Å². The second-order valence-corrected chi connectivity index (χ2v) is 8.65. The third-order valence-electron chi connectivity index (χ3n) is 6.46. The van der Waals surface area contributed by atoms with Crippen LogP contribution in [-0.2, 0) is 41.5 Å². The smallest absolute Gasteiger partial charge is 0.329 e. The fourth-order valence-electron chi connectivity index (χ4n) is 4.49. The van der Waals surface area contributed by atoms with Gasteiger partial charge in [0, 0.05) is 6.42 Å². The summed E-state index contributed by atoms with van der Waals surface area (Å²) in [6, 6.07) is 3.15. The Morgan fingerprint density at radius 3 is 2.68 bits per heavy atom. The third kappa shape index (κ3) is 5.38. The molecule has 4 atom stereocenters. The average Bonchev–Trinajstić information content (AvgIpc) is 3.17. The number of aryl methyl sites for hydroxylation is 1. The van der Waals surface area contributed by atoms with Crippen molar-refractivity contribution in [2.75, 3.05) is 31.9 Å². The molecule has 0 saturated heterocycles. The van der Waals surface area contributed by atoms with Crippen LogP contribution < -0.4 is 15.5 Å². The first kappa shape index (κ1) is 25.6. The number of halogens is 1. The Hall–Kier alpha value is -3.01. The Labute approximate surface area is 198 Å². The molecule has 0 fully saturated rings. The molecule has 1 aromatic carbocycles. The molecular weight excluding hydrogens is 445 g/mol. The van der Waals surface area contributed by atoms with Gasteiger partial charge in [0.15, 0.2) is 0 Å². The van der Waals surface area contributed by atoms with Gasteiger partial charge in [-0.05, 0) is 29.9 Å². The van der Waals surface area contributed by atoms with Gasteiger partial charge in [-0.15, -0.1) is 0 Å². The maximum atomic E-state index is 13.6. The number of nitrogens with one attached hydrogen (secondary N) is 2. The second-order valence-electron chi connectivity index (χ2n) is 8.65. The summed E-state index contributed by atoms with van der Waals surface area (Å²) >= 11 is 0. The summed E-state index contributed by atoms with van der Waals surface area (Å²) in [5.74, 6) is -2.15. The van der Waals surface area contributed by atoms with Crippen LogP contribution in [0.1, 0.15) is 37.8 Å². The number of para-hydroxylation sites is 1. The molecule has 0 saturated carbocycles. The Balaban J connectivity index is 1.79. The lowest BCUT2D eigenvalue weighted by Gasteiger charge is -2.29. The molecule has 2 aliphatic rings. The number of ether oxygens (including phenoxy) is 2. The number of benzene rings is 1. The van der Waals surface area contributed by atoms with E-state index in [0.29, 0.717) is 25.7 Å². The molecule has 2 N–H and O–H groups in total. The van der Waals surface area contributed by atoms with E-state index in [0.717, 1.165) is 16.8 Å². The van der Waals surface area contributed by atoms with Crippen LogP contribution in [0, 0.1) is 5.92 Å². The van der Waals surface area contributed by atoms with Gasteiger partial charge in [-0.25, -0.2) is 9.18 Å². The van der Waals surface area contributed by atoms with Crippen molar-refractivity contribution in [3.05, 3.63) is 29.3 Å². The SMILES string of the molecule is CC[C@H](C)[C@H](NC(=O)COCCF)C(=O)N[C@H]1CCc2cccc3c2N(C1=O)[C@H](C(=O)OC)C3. The number of rotatable bonds is 10. The van der Waals surface area contributed by atoms with E-state index in [1.807, 2.05) is 32.0 Å². The van der Waals surface area contributed by atoms with Crippen LogP contribution in [-0.4, -0.2) is 68.8 Å². The molecule has 3 amide bonds. The quantitative estimate of drug-likeness (QED) is 0.385. The zero-order valence-electron chi connectivity index (χ0n) is 19.8. The fourth-order valence-corrected chi connectivity index (χ4v) is 4.49.